The molecule has 2 rings (SSSR count). The molecule has 0 spiro atoms. The van der Waals surface area contributed by atoms with Crippen molar-refractivity contribution < 1.29 is 14.3 Å². The normalized spacial score (nSPS) is 16.0. The van der Waals surface area contributed by atoms with Crippen LogP contribution in [-0.4, -0.2) is 37.1 Å². The van der Waals surface area contributed by atoms with E-state index in [1.165, 1.54) is 5.56 Å². The number of nitrogens with zero attached hydrogens (tertiary/aromatic N) is 1. The summed E-state index contributed by atoms with van der Waals surface area (Å²) in [6.07, 6.45) is 2.40. The number of carbonyl (C=O) groups is 1. The van der Waals surface area contributed by atoms with Gasteiger partial charge in [-0.2, -0.15) is 0 Å². The van der Waals surface area contributed by atoms with Gasteiger partial charge in [-0.25, -0.2) is 0 Å². The van der Waals surface area contributed by atoms with Crippen molar-refractivity contribution in [2.24, 2.45) is 5.73 Å². The van der Waals surface area contributed by atoms with E-state index in [-0.39, 0.29) is 18.3 Å². The van der Waals surface area contributed by atoms with Gasteiger partial charge in [0.05, 0.1) is 19.8 Å². The molecule has 5 nitrogen and oxygen atoms in total. The standard InChI is InChI=1S/C17H26N2O3.ClH/c1-5-7-17(2,18)16(20)19-8-6-12-9-14(21-3)15(22-4)10-13(12)11-19;/h9-10H,5-8,11,18H2,1-4H3;1H. The van der Waals surface area contributed by atoms with Crippen LogP contribution in [0.1, 0.15) is 37.8 Å². The molecule has 1 unspecified atom stereocenters. The molecule has 1 aliphatic rings. The molecule has 6 heteroatoms. The number of hydrogen-bond acceptors (Lipinski definition) is 4. The third kappa shape index (κ3) is 4.09. The third-order valence-electron chi connectivity index (χ3n) is 4.26. The first-order valence-electron chi connectivity index (χ1n) is 7.75. The fourth-order valence-electron chi connectivity index (χ4n) is 3.04. The quantitative estimate of drug-likeness (QED) is 0.893. The van der Waals surface area contributed by atoms with Crippen molar-refractivity contribution in [2.45, 2.75) is 45.2 Å². The van der Waals surface area contributed by atoms with E-state index in [1.54, 1.807) is 14.2 Å². The fraction of sp³-hybridized carbons (Fsp3) is 0.588. The lowest BCUT2D eigenvalue weighted by Gasteiger charge is -2.35. The van der Waals surface area contributed by atoms with Gasteiger partial charge in [-0.3, -0.25) is 4.79 Å². The van der Waals surface area contributed by atoms with E-state index in [2.05, 4.69) is 0 Å². The highest BCUT2D eigenvalue weighted by molar-refractivity contribution is 5.86. The molecule has 0 saturated carbocycles. The maximum Gasteiger partial charge on any atom is 0.242 e. The molecule has 0 fully saturated rings. The van der Waals surface area contributed by atoms with Crippen molar-refractivity contribution in [2.75, 3.05) is 20.8 Å². The van der Waals surface area contributed by atoms with Gasteiger partial charge in [-0.05, 0) is 43.0 Å². The SMILES string of the molecule is CCCC(C)(N)C(=O)N1CCc2cc(OC)c(OC)cc2C1.Cl. The van der Waals surface area contributed by atoms with Gasteiger partial charge in [0.15, 0.2) is 11.5 Å². The van der Waals surface area contributed by atoms with Crippen molar-refractivity contribution in [3.8, 4) is 11.5 Å². The van der Waals surface area contributed by atoms with Gasteiger partial charge in [0.25, 0.3) is 0 Å². The summed E-state index contributed by atoms with van der Waals surface area (Å²) in [7, 11) is 3.25. The number of rotatable bonds is 5. The molecular formula is C17H27ClN2O3. The number of carbonyl (C=O) groups excluding carboxylic acids is 1. The summed E-state index contributed by atoms with van der Waals surface area (Å²) in [6, 6.07) is 3.96. The molecule has 23 heavy (non-hydrogen) atoms. The number of nitrogens with two attached hydrogens (primary N) is 1. The summed E-state index contributed by atoms with van der Waals surface area (Å²) in [5.41, 5.74) is 7.70. The van der Waals surface area contributed by atoms with E-state index < -0.39 is 5.54 Å². The molecule has 0 saturated heterocycles. The zero-order valence-electron chi connectivity index (χ0n) is 14.3. The summed E-state index contributed by atoms with van der Waals surface area (Å²) in [6.45, 7) is 5.13. The second-order valence-electron chi connectivity index (χ2n) is 6.12. The van der Waals surface area contributed by atoms with Gasteiger partial charge in [-0.15, -0.1) is 12.4 Å². The van der Waals surface area contributed by atoms with E-state index in [0.717, 1.165) is 24.2 Å². The largest absolute Gasteiger partial charge is 0.493 e. The second kappa shape index (κ2) is 7.88. The van der Waals surface area contributed by atoms with Crippen molar-refractivity contribution in [1.82, 2.24) is 4.90 Å². The maximum absolute atomic E-state index is 12.6. The second-order valence-corrected chi connectivity index (χ2v) is 6.12. The Morgan fingerprint density at radius 2 is 1.83 bits per heavy atom. The van der Waals surface area contributed by atoms with Crippen LogP contribution >= 0.6 is 12.4 Å². The molecular weight excluding hydrogens is 316 g/mol. The lowest BCUT2D eigenvalue weighted by atomic mass is 9.92. The minimum atomic E-state index is -0.789. The monoisotopic (exact) mass is 342 g/mol. The minimum absolute atomic E-state index is 0. The Balaban J connectivity index is 0.00000264. The lowest BCUT2D eigenvalue weighted by Crippen LogP contribution is -2.54. The van der Waals surface area contributed by atoms with Gasteiger partial charge >= 0.3 is 0 Å². The highest BCUT2D eigenvalue weighted by Crippen LogP contribution is 2.33. The zero-order chi connectivity index (χ0) is 16.3. The fourth-order valence-corrected chi connectivity index (χ4v) is 3.04. The predicted molar refractivity (Wildman–Crippen MR) is 93.4 cm³/mol. The highest BCUT2D eigenvalue weighted by atomic mass is 35.5. The van der Waals surface area contributed by atoms with E-state index >= 15 is 0 Å². The van der Waals surface area contributed by atoms with Crippen molar-refractivity contribution in [1.29, 1.82) is 0 Å². The van der Waals surface area contributed by atoms with Gasteiger partial charge in [0.2, 0.25) is 5.91 Å². The highest BCUT2D eigenvalue weighted by Gasteiger charge is 2.33. The molecule has 1 amide bonds. The van der Waals surface area contributed by atoms with Gasteiger partial charge < -0.3 is 20.1 Å². The van der Waals surface area contributed by atoms with E-state index in [4.69, 9.17) is 15.2 Å². The number of amides is 1. The first-order valence-corrected chi connectivity index (χ1v) is 7.75. The number of fused-ring (bicyclic) bond motifs is 1. The van der Waals surface area contributed by atoms with Crippen molar-refractivity contribution in [3.63, 3.8) is 0 Å². The zero-order valence-corrected chi connectivity index (χ0v) is 15.2. The minimum Gasteiger partial charge on any atom is -0.493 e. The summed E-state index contributed by atoms with van der Waals surface area (Å²) in [5.74, 6) is 1.45. The molecule has 0 aliphatic carbocycles. The molecule has 1 atom stereocenters. The molecule has 0 bridgehead atoms. The average molecular weight is 343 g/mol. The molecule has 1 aromatic carbocycles. The maximum atomic E-state index is 12.6. The van der Waals surface area contributed by atoms with E-state index in [1.807, 2.05) is 30.9 Å². The Hall–Kier alpha value is -1.46. The third-order valence-corrected chi connectivity index (χ3v) is 4.26. The Morgan fingerprint density at radius 3 is 2.35 bits per heavy atom. The Labute approximate surface area is 144 Å². The Kier molecular flexibility index (Phi) is 6.71. The molecule has 130 valence electrons. The number of halogens is 1. The van der Waals surface area contributed by atoms with Crippen LogP contribution in [0.15, 0.2) is 12.1 Å². The molecule has 1 aromatic rings. The predicted octanol–water partition coefficient (Wildman–Crippen LogP) is 2.53. The number of benzene rings is 1. The van der Waals surface area contributed by atoms with Crippen LogP contribution in [0.3, 0.4) is 0 Å². The van der Waals surface area contributed by atoms with Gasteiger partial charge in [-0.1, -0.05) is 13.3 Å². The summed E-state index contributed by atoms with van der Waals surface area (Å²) in [5, 5.41) is 0. The van der Waals surface area contributed by atoms with E-state index in [9.17, 15) is 4.79 Å². The van der Waals surface area contributed by atoms with Crippen LogP contribution < -0.4 is 15.2 Å². The lowest BCUT2D eigenvalue weighted by molar-refractivity contribution is -0.137. The summed E-state index contributed by atoms with van der Waals surface area (Å²) >= 11 is 0. The van der Waals surface area contributed by atoms with Crippen LogP contribution in [0.2, 0.25) is 0 Å². The van der Waals surface area contributed by atoms with Crippen LogP contribution in [0, 0.1) is 0 Å². The summed E-state index contributed by atoms with van der Waals surface area (Å²) in [4.78, 5) is 14.5. The van der Waals surface area contributed by atoms with Crippen LogP contribution in [0.5, 0.6) is 11.5 Å². The smallest absolute Gasteiger partial charge is 0.242 e. The Bertz CT molecular complexity index is 561. The summed E-state index contributed by atoms with van der Waals surface area (Å²) < 4.78 is 10.7. The molecule has 1 aliphatic heterocycles. The van der Waals surface area contributed by atoms with Crippen LogP contribution in [0.25, 0.3) is 0 Å². The van der Waals surface area contributed by atoms with Crippen LogP contribution in [-0.2, 0) is 17.8 Å². The Morgan fingerprint density at radius 1 is 1.26 bits per heavy atom. The number of ether oxygens (including phenoxy) is 2. The molecule has 0 aromatic heterocycles. The van der Waals surface area contributed by atoms with E-state index in [0.29, 0.717) is 25.3 Å². The van der Waals surface area contributed by atoms with Gasteiger partial charge in [0, 0.05) is 13.1 Å². The molecule has 0 radical (unpaired) electrons. The van der Waals surface area contributed by atoms with Crippen molar-refractivity contribution >= 4 is 18.3 Å². The van der Waals surface area contributed by atoms with Crippen LogP contribution in [0.4, 0.5) is 0 Å². The molecule has 1 heterocycles. The average Bonchev–Trinajstić information content (AvgIpc) is 2.52. The molecule has 2 N–H and O–H groups in total. The number of hydrogen-bond donors (Lipinski definition) is 1. The van der Waals surface area contributed by atoms with Gasteiger partial charge in [0.1, 0.15) is 0 Å². The van der Waals surface area contributed by atoms with Crippen molar-refractivity contribution in [3.05, 3.63) is 23.3 Å². The topological polar surface area (TPSA) is 64.8 Å². The first-order chi connectivity index (χ1) is 10.4. The number of methoxy groups -OCH3 is 2. The first kappa shape index (κ1) is 19.6.